The maximum absolute atomic E-state index is 14.3. The van der Waals surface area contributed by atoms with Crippen molar-refractivity contribution >= 4 is 11.4 Å². The molecule has 40 heavy (non-hydrogen) atoms. The van der Waals surface area contributed by atoms with Crippen molar-refractivity contribution in [1.29, 1.82) is 0 Å². The Kier molecular flexibility index (Phi) is 7.65. The van der Waals surface area contributed by atoms with E-state index in [1.54, 1.807) is 30.2 Å². The molecular formula is C28H31F3N4O5. The third-order valence-electron chi connectivity index (χ3n) is 7.47. The summed E-state index contributed by atoms with van der Waals surface area (Å²) in [6.07, 6.45) is -3.60. The van der Waals surface area contributed by atoms with Gasteiger partial charge in [-0.05, 0) is 43.2 Å². The van der Waals surface area contributed by atoms with Crippen molar-refractivity contribution in [2.24, 2.45) is 0 Å². The van der Waals surface area contributed by atoms with Gasteiger partial charge in [0.1, 0.15) is 17.2 Å². The van der Waals surface area contributed by atoms with E-state index in [1.807, 2.05) is 4.90 Å². The standard InChI is InChI=1S/C28H31F3N4O5/c1-38-19-6-8-34(16-19)18-4-5-23(28(29,30)31)24(14-18)35-27(37)26-22(7-9-33(26)10-11-36)25(32-35)17-12-20(39-2)15-21(13-17)40-3/h4-5,12-15,19,36H,6-11,16H2,1-3H3/t19-/m0/s1. The van der Waals surface area contributed by atoms with E-state index < -0.39 is 17.3 Å². The molecule has 2 aliphatic heterocycles. The molecule has 5 rings (SSSR count). The molecule has 0 unspecified atom stereocenters. The highest BCUT2D eigenvalue weighted by Gasteiger charge is 2.37. The van der Waals surface area contributed by atoms with Crippen molar-refractivity contribution < 1.29 is 32.5 Å². The molecule has 9 nitrogen and oxygen atoms in total. The van der Waals surface area contributed by atoms with Gasteiger partial charge >= 0.3 is 6.18 Å². The molecule has 0 aliphatic carbocycles. The third kappa shape index (κ3) is 5.08. The first kappa shape index (κ1) is 27.8. The summed E-state index contributed by atoms with van der Waals surface area (Å²) in [6, 6.07) is 8.84. The fourth-order valence-corrected chi connectivity index (χ4v) is 5.44. The predicted octanol–water partition coefficient (Wildman–Crippen LogP) is 3.52. The average Bonchev–Trinajstić information content (AvgIpc) is 3.60. The summed E-state index contributed by atoms with van der Waals surface area (Å²) in [5.41, 5.74) is 0.189. The molecule has 12 heteroatoms. The number of fused-ring (bicyclic) bond motifs is 1. The van der Waals surface area contributed by atoms with E-state index in [9.17, 15) is 23.1 Å². The summed E-state index contributed by atoms with van der Waals surface area (Å²) in [6.45, 7) is 1.49. The van der Waals surface area contributed by atoms with E-state index in [1.165, 1.54) is 26.4 Å². The number of alkyl halides is 3. The van der Waals surface area contributed by atoms with Crippen molar-refractivity contribution in [3.05, 3.63) is 57.9 Å². The Morgan fingerprint density at radius 3 is 2.38 bits per heavy atom. The fourth-order valence-electron chi connectivity index (χ4n) is 5.44. The lowest BCUT2D eigenvalue weighted by atomic mass is 10.0. The van der Waals surface area contributed by atoms with Crippen LogP contribution >= 0.6 is 0 Å². The van der Waals surface area contributed by atoms with E-state index in [0.29, 0.717) is 60.1 Å². The minimum Gasteiger partial charge on any atom is -0.497 e. The number of hydrogen-bond donors (Lipinski definition) is 1. The van der Waals surface area contributed by atoms with Crippen molar-refractivity contribution in [2.75, 3.05) is 63.9 Å². The lowest BCUT2D eigenvalue weighted by Gasteiger charge is -2.23. The number of aliphatic hydroxyl groups excluding tert-OH is 1. The Balaban J connectivity index is 1.77. The number of benzene rings is 2. The van der Waals surface area contributed by atoms with Gasteiger partial charge in [0, 0.05) is 56.2 Å². The fraction of sp³-hybridized carbons (Fsp3) is 0.429. The number of aliphatic hydroxyl groups is 1. The molecule has 0 spiro atoms. The summed E-state index contributed by atoms with van der Waals surface area (Å²) in [7, 11) is 4.59. The molecule has 0 bridgehead atoms. The highest BCUT2D eigenvalue weighted by atomic mass is 19.4. The molecule has 3 aromatic rings. The van der Waals surface area contributed by atoms with E-state index >= 15 is 0 Å². The molecule has 2 aliphatic rings. The van der Waals surface area contributed by atoms with Crippen LogP contribution in [0.3, 0.4) is 0 Å². The van der Waals surface area contributed by atoms with Gasteiger partial charge in [0.25, 0.3) is 5.56 Å². The lowest BCUT2D eigenvalue weighted by molar-refractivity contribution is -0.137. The molecule has 1 atom stereocenters. The first-order chi connectivity index (χ1) is 19.2. The highest BCUT2D eigenvalue weighted by Crippen LogP contribution is 2.39. The SMILES string of the molecule is COc1cc(OC)cc(-c2nn(-c3cc(N4CC[C@H](OC)C4)ccc3C(F)(F)F)c(=O)c3c2CCN3CCO)c1. The van der Waals surface area contributed by atoms with Gasteiger partial charge < -0.3 is 29.1 Å². The molecule has 0 radical (unpaired) electrons. The van der Waals surface area contributed by atoms with Crippen molar-refractivity contribution in [3.8, 4) is 28.4 Å². The molecule has 1 fully saturated rings. The van der Waals surface area contributed by atoms with Crippen LogP contribution < -0.4 is 24.8 Å². The van der Waals surface area contributed by atoms with Crippen LogP contribution in [0.15, 0.2) is 41.2 Å². The Morgan fingerprint density at radius 1 is 1.05 bits per heavy atom. The topological polar surface area (TPSA) is 89.3 Å². The van der Waals surface area contributed by atoms with Gasteiger partial charge in [0.2, 0.25) is 0 Å². The summed E-state index contributed by atoms with van der Waals surface area (Å²) >= 11 is 0. The van der Waals surface area contributed by atoms with Gasteiger partial charge in [0.05, 0.1) is 43.9 Å². The molecule has 0 amide bonds. The summed E-state index contributed by atoms with van der Waals surface area (Å²) in [4.78, 5) is 17.5. The number of nitrogens with zero attached hydrogens (tertiary/aromatic N) is 4. The van der Waals surface area contributed by atoms with Crippen LogP contribution in [-0.4, -0.2) is 75.1 Å². The molecule has 1 aromatic heterocycles. The van der Waals surface area contributed by atoms with E-state index in [-0.39, 0.29) is 30.6 Å². The molecule has 1 N–H and O–H groups in total. The Labute approximate surface area is 229 Å². The van der Waals surface area contributed by atoms with Crippen LogP contribution in [-0.2, 0) is 17.3 Å². The zero-order valence-electron chi connectivity index (χ0n) is 22.5. The zero-order chi connectivity index (χ0) is 28.6. The maximum Gasteiger partial charge on any atom is 0.418 e. The number of aromatic nitrogens is 2. The lowest BCUT2D eigenvalue weighted by Crippen LogP contribution is -2.33. The third-order valence-corrected chi connectivity index (χ3v) is 7.47. The number of methoxy groups -OCH3 is 3. The molecule has 1 saturated heterocycles. The van der Waals surface area contributed by atoms with Crippen LogP contribution in [0.5, 0.6) is 11.5 Å². The Bertz CT molecular complexity index is 1440. The van der Waals surface area contributed by atoms with Crippen molar-refractivity contribution in [3.63, 3.8) is 0 Å². The van der Waals surface area contributed by atoms with Gasteiger partial charge in [-0.15, -0.1) is 0 Å². The van der Waals surface area contributed by atoms with Gasteiger partial charge in [-0.3, -0.25) is 4.79 Å². The smallest absolute Gasteiger partial charge is 0.418 e. The van der Waals surface area contributed by atoms with Crippen LogP contribution in [0.25, 0.3) is 16.9 Å². The number of anilines is 2. The van der Waals surface area contributed by atoms with Crippen LogP contribution in [0.4, 0.5) is 24.5 Å². The quantitative estimate of drug-likeness (QED) is 0.448. The molecule has 0 saturated carbocycles. The molecule has 3 heterocycles. The van der Waals surface area contributed by atoms with Crippen LogP contribution in [0, 0.1) is 0 Å². The largest absolute Gasteiger partial charge is 0.497 e. The van der Waals surface area contributed by atoms with Gasteiger partial charge in [-0.1, -0.05) is 0 Å². The summed E-state index contributed by atoms with van der Waals surface area (Å²) in [5, 5.41) is 14.2. The molecular weight excluding hydrogens is 529 g/mol. The first-order valence-corrected chi connectivity index (χ1v) is 12.9. The van der Waals surface area contributed by atoms with Gasteiger partial charge in [0.15, 0.2) is 0 Å². The number of hydrogen-bond acceptors (Lipinski definition) is 8. The highest BCUT2D eigenvalue weighted by molar-refractivity contribution is 5.75. The minimum absolute atomic E-state index is 0.0340. The first-order valence-electron chi connectivity index (χ1n) is 12.9. The average molecular weight is 561 g/mol. The normalized spacial score (nSPS) is 16.9. The van der Waals surface area contributed by atoms with Gasteiger partial charge in [-0.25, -0.2) is 0 Å². The molecule has 2 aromatic carbocycles. The second-order valence-electron chi connectivity index (χ2n) is 9.75. The number of ether oxygens (including phenoxy) is 3. The van der Waals surface area contributed by atoms with Gasteiger partial charge in [-0.2, -0.15) is 23.0 Å². The summed E-state index contributed by atoms with van der Waals surface area (Å²) < 4.78 is 60.1. The monoisotopic (exact) mass is 560 g/mol. The van der Waals surface area contributed by atoms with Crippen molar-refractivity contribution in [2.45, 2.75) is 25.1 Å². The minimum atomic E-state index is -4.74. The second-order valence-corrected chi connectivity index (χ2v) is 9.75. The maximum atomic E-state index is 14.3. The number of halogens is 3. The number of rotatable bonds is 8. The Hall–Kier alpha value is -3.77. The van der Waals surface area contributed by atoms with Crippen LogP contribution in [0.2, 0.25) is 0 Å². The molecule has 214 valence electrons. The Morgan fingerprint density at radius 2 is 1.77 bits per heavy atom. The predicted molar refractivity (Wildman–Crippen MR) is 144 cm³/mol. The van der Waals surface area contributed by atoms with E-state index in [2.05, 4.69) is 5.10 Å². The van der Waals surface area contributed by atoms with Crippen molar-refractivity contribution in [1.82, 2.24) is 9.78 Å². The van der Waals surface area contributed by atoms with Crippen LogP contribution in [0.1, 0.15) is 17.5 Å². The number of β-amino-alcohol motifs (C(OH)–C–C–N with tert-alkyl or cyclic N) is 1. The van der Waals surface area contributed by atoms with E-state index in [0.717, 1.165) is 17.2 Å². The summed E-state index contributed by atoms with van der Waals surface area (Å²) in [5.74, 6) is 0.931. The van der Waals surface area contributed by atoms with E-state index in [4.69, 9.17) is 14.2 Å². The zero-order valence-corrected chi connectivity index (χ0v) is 22.5. The second kappa shape index (κ2) is 11.0.